The second kappa shape index (κ2) is 8.16. The van der Waals surface area contributed by atoms with E-state index in [1.807, 2.05) is 18.2 Å². The van der Waals surface area contributed by atoms with Crippen molar-refractivity contribution in [3.05, 3.63) is 69.8 Å². The molecule has 1 saturated heterocycles. The van der Waals surface area contributed by atoms with E-state index in [-0.39, 0.29) is 10.6 Å². The molecule has 144 valence electrons. The van der Waals surface area contributed by atoms with Crippen molar-refractivity contribution in [2.45, 2.75) is 24.8 Å². The zero-order chi connectivity index (χ0) is 19.4. The Morgan fingerprint density at radius 1 is 1.04 bits per heavy atom. The Kier molecular flexibility index (Phi) is 5.88. The largest absolute Gasteiger partial charge is 0.298 e. The van der Waals surface area contributed by atoms with Crippen LogP contribution in [-0.4, -0.2) is 48.7 Å². The van der Waals surface area contributed by atoms with Gasteiger partial charge in [-0.2, -0.15) is 4.31 Å². The molecule has 0 aromatic heterocycles. The molecule has 0 saturated carbocycles. The smallest absolute Gasteiger partial charge is 0.273 e. The normalized spacial score (nSPS) is 16.8. The molecule has 0 radical (unpaired) electrons. The number of nitrogens with zero attached hydrogens (tertiary/aromatic N) is 3. The van der Waals surface area contributed by atoms with Crippen LogP contribution in [0.3, 0.4) is 0 Å². The summed E-state index contributed by atoms with van der Waals surface area (Å²) in [4.78, 5) is 12.8. The first-order chi connectivity index (χ1) is 12.9. The van der Waals surface area contributed by atoms with Crippen molar-refractivity contribution in [3.63, 3.8) is 0 Å². The summed E-state index contributed by atoms with van der Waals surface area (Å²) in [5.74, 6) is 0. The third-order valence-electron chi connectivity index (χ3n) is 4.81. The van der Waals surface area contributed by atoms with E-state index < -0.39 is 14.9 Å². The molecule has 7 nitrogen and oxygen atoms in total. The van der Waals surface area contributed by atoms with Crippen LogP contribution < -0.4 is 0 Å². The van der Waals surface area contributed by atoms with E-state index in [0.29, 0.717) is 25.2 Å². The zero-order valence-corrected chi connectivity index (χ0v) is 16.1. The highest BCUT2D eigenvalue weighted by atomic mass is 32.2. The van der Waals surface area contributed by atoms with Gasteiger partial charge in [0.05, 0.1) is 9.82 Å². The lowest BCUT2D eigenvalue weighted by atomic mass is 10.2. The second-order valence-electron chi connectivity index (χ2n) is 6.72. The number of benzene rings is 2. The molecule has 8 heteroatoms. The molecule has 1 heterocycles. The van der Waals surface area contributed by atoms with Gasteiger partial charge in [0.15, 0.2) is 0 Å². The molecule has 0 bridgehead atoms. The lowest BCUT2D eigenvalue weighted by Gasteiger charge is -2.22. The van der Waals surface area contributed by atoms with E-state index in [1.54, 1.807) is 6.92 Å². The number of rotatable bonds is 5. The van der Waals surface area contributed by atoms with Gasteiger partial charge in [-0.3, -0.25) is 15.0 Å². The van der Waals surface area contributed by atoms with Gasteiger partial charge in [-0.1, -0.05) is 36.4 Å². The monoisotopic (exact) mass is 389 g/mol. The van der Waals surface area contributed by atoms with Crippen LogP contribution in [0.5, 0.6) is 0 Å². The van der Waals surface area contributed by atoms with E-state index in [1.165, 1.54) is 22.0 Å². The predicted molar refractivity (Wildman–Crippen MR) is 103 cm³/mol. The Morgan fingerprint density at radius 3 is 2.48 bits per heavy atom. The molecular formula is C19H23N3O4S. The van der Waals surface area contributed by atoms with Crippen molar-refractivity contribution in [2.24, 2.45) is 0 Å². The van der Waals surface area contributed by atoms with Crippen LogP contribution in [-0.2, 0) is 16.6 Å². The van der Waals surface area contributed by atoms with E-state index in [9.17, 15) is 18.5 Å². The molecule has 1 aliphatic heterocycles. The summed E-state index contributed by atoms with van der Waals surface area (Å²) in [5.41, 5.74) is 1.48. The fourth-order valence-electron chi connectivity index (χ4n) is 3.28. The van der Waals surface area contributed by atoms with E-state index >= 15 is 0 Å². The Labute approximate surface area is 159 Å². The van der Waals surface area contributed by atoms with Crippen molar-refractivity contribution in [2.75, 3.05) is 26.2 Å². The summed E-state index contributed by atoms with van der Waals surface area (Å²) in [6.07, 6.45) is 0.722. The topological polar surface area (TPSA) is 83.8 Å². The summed E-state index contributed by atoms with van der Waals surface area (Å²) in [6.45, 7) is 4.61. The van der Waals surface area contributed by atoms with Crippen molar-refractivity contribution in [1.29, 1.82) is 0 Å². The molecule has 2 aromatic rings. The van der Waals surface area contributed by atoms with Gasteiger partial charge in [0, 0.05) is 37.8 Å². The molecule has 3 rings (SSSR count). The maximum atomic E-state index is 13.0. The summed E-state index contributed by atoms with van der Waals surface area (Å²) in [7, 11) is -3.75. The Bertz CT molecular complexity index is 916. The van der Waals surface area contributed by atoms with Gasteiger partial charge >= 0.3 is 0 Å². The van der Waals surface area contributed by atoms with Crippen LogP contribution >= 0.6 is 0 Å². The Hall–Kier alpha value is -2.29. The van der Waals surface area contributed by atoms with Crippen LogP contribution in [0.2, 0.25) is 0 Å². The molecule has 0 N–H and O–H groups in total. The van der Waals surface area contributed by atoms with Crippen molar-refractivity contribution in [1.82, 2.24) is 9.21 Å². The molecule has 0 aliphatic carbocycles. The summed E-state index contributed by atoms with van der Waals surface area (Å²) in [6, 6.07) is 14.2. The number of hydrogen-bond donors (Lipinski definition) is 0. The number of nitro groups is 1. The Morgan fingerprint density at radius 2 is 1.78 bits per heavy atom. The van der Waals surface area contributed by atoms with Gasteiger partial charge in [-0.25, -0.2) is 8.42 Å². The van der Waals surface area contributed by atoms with Crippen LogP contribution in [0.15, 0.2) is 53.4 Å². The number of aryl methyl sites for hydroxylation is 1. The average Bonchev–Trinajstić information content (AvgIpc) is 2.88. The standard InChI is InChI=1S/C19H23N3O4S/c1-16-8-9-18(14-19(16)22(23)24)27(25,26)21-11-5-10-20(12-13-21)15-17-6-3-2-4-7-17/h2-4,6-9,14H,5,10-13,15H2,1H3. The van der Waals surface area contributed by atoms with Crippen LogP contribution in [0.1, 0.15) is 17.5 Å². The molecule has 0 spiro atoms. The minimum atomic E-state index is -3.75. The first kappa shape index (κ1) is 19.5. The van der Waals surface area contributed by atoms with Gasteiger partial charge in [0.1, 0.15) is 0 Å². The molecular weight excluding hydrogens is 366 g/mol. The van der Waals surface area contributed by atoms with E-state index in [4.69, 9.17) is 0 Å². The minimum absolute atomic E-state index is 0.0173. The summed E-state index contributed by atoms with van der Waals surface area (Å²) >= 11 is 0. The Balaban J connectivity index is 1.74. The van der Waals surface area contributed by atoms with Crippen LogP contribution in [0.4, 0.5) is 5.69 Å². The lowest BCUT2D eigenvalue weighted by Crippen LogP contribution is -2.35. The van der Waals surface area contributed by atoms with Gasteiger partial charge < -0.3 is 0 Å². The van der Waals surface area contributed by atoms with Gasteiger partial charge in [-0.15, -0.1) is 0 Å². The maximum Gasteiger partial charge on any atom is 0.273 e. The van der Waals surface area contributed by atoms with Gasteiger partial charge in [0.25, 0.3) is 5.69 Å². The SMILES string of the molecule is Cc1ccc(S(=O)(=O)N2CCCN(Cc3ccccc3)CC2)cc1[N+](=O)[O-]. The fraction of sp³-hybridized carbons (Fsp3) is 0.368. The van der Waals surface area contributed by atoms with Crippen LogP contribution in [0, 0.1) is 17.0 Å². The van der Waals surface area contributed by atoms with Crippen LogP contribution in [0.25, 0.3) is 0 Å². The van der Waals surface area contributed by atoms with Gasteiger partial charge in [-0.05, 0) is 31.5 Å². The number of sulfonamides is 1. The third-order valence-corrected chi connectivity index (χ3v) is 6.71. The van der Waals surface area contributed by atoms with Gasteiger partial charge in [0.2, 0.25) is 10.0 Å². The molecule has 1 fully saturated rings. The molecule has 0 unspecified atom stereocenters. The first-order valence-corrected chi connectivity index (χ1v) is 10.3. The van der Waals surface area contributed by atoms with E-state index in [2.05, 4.69) is 17.0 Å². The lowest BCUT2D eigenvalue weighted by molar-refractivity contribution is -0.385. The van der Waals surface area contributed by atoms with E-state index in [0.717, 1.165) is 25.6 Å². The third kappa shape index (κ3) is 4.52. The number of nitro benzene ring substituents is 1. The zero-order valence-electron chi connectivity index (χ0n) is 15.2. The highest BCUT2D eigenvalue weighted by molar-refractivity contribution is 7.89. The molecule has 0 amide bonds. The van der Waals surface area contributed by atoms with Crippen molar-refractivity contribution < 1.29 is 13.3 Å². The van der Waals surface area contributed by atoms with Crippen molar-refractivity contribution in [3.8, 4) is 0 Å². The summed E-state index contributed by atoms with van der Waals surface area (Å²) < 4.78 is 27.4. The molecule has 2 aromatic carbocycles. The first-order valence-electron chi connectivity index (χ1n) is 8.89. The highest BCUT2D eigenvalue weighted by Gasteiger charge is 2.28. The maximum absolute atomic E-state index is 13.0. The molecule has 27 heavy (non-hydrogen) atoms. The quantitative estimate of drug-likeness (QED) is 0.580. The number of hydrogen-bond acceptors (Lipinski definition) is 5. The highest BCUT2D eigenvalue weighted by Crippen LogP contribution is 2.25. The average molecular weight is 389 g/mol. The molecule has 1 aliphatic rings. The fourth-order valence-corrected chi connectivity index (χ4v) is 4.77. The predicted octanol–water partition coefficient (Wildman–Crippen LogP) is 2.80. The minimum Gasteiger partial charge on any atom is -0.298 e. The van der Waals surface area contributed by atoms with Crippen molar-refractivity contribution >= 4 is 15.7 Å². The second-order valence-corrected chi connectivity index (χ2v) is 8.66. The molecule has 0 atom stereocenters. The summed E-state index contributed by atoms with van der Waals surface area (Å²) in [5, 5.41) is 11.1.